The molecule has 0 amide bonds. The van der Waals surface area contributed by atoms with Gasteiger partial charge in [0.05, 0.1) is 6.10 Å². The Morgan fingerprint density at radius 1 is 1.09 bits per heavy atom. The van der Waals surface area contributed by atoms with E-state index in [1.165, 1.54) is 23.6 Å². The highest BCUT2D eigenvalue weighted by atomic mass is 16.5. The monoisotopic (exact) mass is 477 g/mol. The van der Waals surface area contributed by atoms with Gasteiger partial charge < -0.3 is 19.5 Å². The van der Waals surface area contributed by atoms with E-state index in [1.807, 2.05) is 6.07 Å². The van der Waals surface area contributed by atoms with Crippen molar-refractivity contribution in [3.8, 4) is 11.5 Å². The van der Waals surface area contributed by atoms with Crippen molar-refractivity contribution in [3.05, 3.63) is 59.2 Å². The van der Waals surface area contributed by atoms with Crippen LogP contribution in [0.5, 0.6) is 11.5 Å². The van der Waals surface area contributed by atoms with E-state index in [4.69, 9.17) is 9.47 Å². The first-order chi connectivity index (χ1) is 16.8. The molecule has 5 nitrogen and oxygen atoms in total. The normalized spacial score (nSPS) is 31.4. The van der Waals surface area contributed by atoms with E-state index in [1.54, 1.807) is 0 Å². The zero-order valence-corrected chi connectivity index (χ0v) is 21.5. The summed E-state index contributed by atoms with van der Waals surface area (Å²) >= 11 is 0. The number of ether oxygens (including phenoxy) is 2. The third kappa shape index (κ3) is 4.61. The lowest BCUT2D eigenvalue weighted by Gasteiger charge is -2.54. The molecule has 2 fully saturated rings. The van der Waals surface area contributed by atoms with E-state index in [0.717, 1.165) is 44.4 Å². The van der Waals surface area contributed by atoms with Crippen LogP contribution < -0.4 is 9.47 Å². The molecule has 3 unspecified atom stereocenters. The highest BCUT2D eigenvalue weighted by Gasteiger charge is 2.57. The quantitative estimate of drug-likeness (QED) is 0.460. The number of benzene rings is 2. The molecule has 0 aliphatic heterocycles. The number of hydrogen-bond acceptors (Lipinski definition) is 5. The third-order valence-corrected chi connectivity index (χ3v) is 9.03. The second-order valence-electron chi connectivity index (χ2n) is 11.4. The van der Waals surface area contributed by atoms with Gasteiger partial charge >= 0.3 is 5.97 Å². The van der Waals surface area contributed by atoms with E-state index in [2.05, 4.69) is 62.3 Å². The summed E-state index contributed by atoms with van der Waals surface area (Å²) in [5, 5.41) is 11.1. The Labute approximate surface area is 209 Å². The van der Waals surface area contributed by atoms with Gasteiger partial charge in [0.25, 0.3) is 0 Å². The molecule has 0 spiro atoms. The molecule has 1 N–H and O–H groups in total. The summed E-state index contributed by atoms with van der Waals surface area (Å²) in [4.78, 5) is 13.6. The van der Waals surface area contributed by atoms with Crippen molar-refractivity contribution >= 4 is 5.97 Å². The predicted octanol–water partition coefficient (Wildman–Crippen LogP) is 5.16. The largest absolute Gasteiger partial charge is 0.492 e. The van der Waals surface area contributed by atoms with Crippen molar-refractivity contribution in [2.45, 2.75) is 63.9 Å². The standard InChI is InChI=1S/C30H39NO4/c1-19(32)35-23-10-12-24-21(17-23)7-11-25-27-13-14-28(33)30(27,2)18-26(29(24)25)20-5-8-22(9-6-20)34-16-15-31(3)4/h5-6,8-10,12,17,25-29,33H,7,11,13-16,18H2,1-4H3/t25?,26-,27?,28+,29?,30+/m1/s1. The van der Waals surface area contributed by atoms with Crippen molar-refractivity contribution in [2.75, 3.05) is 27.2 Å². The van der Waals surface area contributed by atoms with Gasteiger partial charge in [0, 0.05) is 13.5 Å². The molecule has 2 aromatic rings. The second-order valence-corrected chi connectivity index (χ2v) is 11.4. The Bertz CT molecular complexity index is 1060. The van der Waals surface area contributed by atoms with E-state index in [9.17, 15) is 9.90 Å². The lowest BCUT2D eigenvalue weighted by Crippen LogP contribution is -2.47. The van der Waals surface area contributed by atoms with Crippen molar-refractivity contribution in [1.29, 1.82) is 0 Å². The van der Waals surface area contributed by atoms with Crippen molar-refractivity contribution in [3.63, 3.8) is 0 Å². The smallest absolute Gasteiger partial charge is 0.308 e. The van der Waals surface area contributed by atoms with Gasteiger partial charge in [0.2, 0.25) is 0 Å². The maximum absolute atomic E-state index is 11.5. The number of aliphatic hydroxyl groups is 1. The predicted molar refractivity (Wildman–Crippen MR) is 137 cm³/mol. The van der Waals surface area contributed by atoms with Crippen LogP contribution in [0.3, 0.4) is 0 Å². The number of hydrogen-bond donors (Lipinski definition) is 1. The third-order valence-electron chi connectivity index (χ3n) is 9.03. The van der Waals surface area contributed by atoms with Crippen LogP contribution in [0.15, 0.2) is 42.5 Å². The van der Waals surface area contributed by atoms with Crippen LogP contribution in [0.4, 0.5) is 0 Å². The van der Waals surface area contributed by atoms with Gasteiger partial charge in [-0.2, -0.15) is 0 Å². The molecule has 2 saturated carbocycles. The molecule has 0 heterocycles. The number of carbonyl (C=O) groups is 1. The summed E-state index contributed by atoms with van der Waals surface area (Å²) in [6.45, 7) is 5.34. The Kier molecular flexibility index (Phi) is 6.67. The van der Waals surface area contributed by atoms with Crippen LogP contribution in [0, 0.1) is 17.3 Å². The fourth-order valence-electron chi connectivity index (χ4n) is 7.37. The van der Waals surface area contributed by atoms with Gasteiger partial charge in [-0.15, -0.1) is 0 Å². The van der Waals surface area contributed by atoms with Crippen LogP contribution >= 0.6 is 0 Å². The Morgan fingerprint density at radius 2 is 1.83 bits per heavy atom. The summed E-state index contributed by atoms with van der Waals surface area (Å²) in [5.74, 6) is 3.12. The molecule has 188 valence electrons. The summed E-state index contributed by atoms with van der Waals surface area (Å²) in [6.07, 6.45) is 4.92. The first-order valence-electron chi connectivity index (χ1n) is 13.1. The molecule has 0 radical (unpaired) electrons. The van der Waals surface area contributed by atoms with E-state index >= 15 is 0 Å². The fourth-order valence-corrected chi connectivity index (χ4v) is 7.37. The number of likely N-dealkylation sites (N-methyl/N-ethyl adjacent to an activating group) is 1. The number of nitrogens with zero attached hydrogens (tertiary/aromatic N) is 1. The highest BCUT2D eigenvalue weighted by Crippen LogP contribution is 2.65. The Morgan fingerprint density at radius 3 is 2.54 bits per heavy atom. The van der Waals surface area contributed by atoms with E-state index in [0.29, 0.717) is 36.0 Å². The minimum absolute atomic E-state index is 0.0398. The highest BCUT2D eigenvalue weighted by molar-refractivity contribution is 5.69. The minimum atomic E-state index is -0.280. The topological polar surface area (TPSA) is 59.0 Å². The number of aliphatic hydroxyl groups excluding tert-OH is 1. The lowest BCUT2D eigenvalue weighted by molar-refractivity contribution is -0.131. The summed E-state index contributed by atoms with van der Waals surface area (Å²) < 4.78 is 11.3. The fraction of sp³-hybridized carbons (Fsp3) is 0.567. The van der Waals surface area contributed by atoms with Gasteiger partial charge in [-0.05, 0) is 116 Å². The first kappa shape index (κ1) is 24.3. The second kappa shape index (κ2) is 9.59. The van der Waals surface area contributed by atoms with Crippen molar-refractivity contribution in [1.82, 2.24) is 4.90 Å². The number of fused-ring (bicyclic) bond motifs is 5. The van der Waals surface area contributed by atoms with Gasteiger partial charge in [-0.25, -0.2) is 0 Å². The van der Waals surface area contributed by atoms with E-state index in [-0.39, 0.29) is 17.5 Å². The van der Waals surface area contributed by atoms with Gasteiger partial charge in [0.15, 0.2) is 0 Å². The zero-order chi connectivity index (χ0) is 24.7. The molecule has 6 atom stereocenters. The number of rotatable bonds is 6. The summed E-state index contributed by atoms with van der Waals surface area (Å²) in [5.41, 5.74) is 4.00. The van der Waals surface area contributed by atoms with Crippen LogP contribution in [0.2, 0.25) is 0 Å². The van der Waals surface area contributed by atoms with Crippen LogP contribution in [0.25, 0.3) is 0 Å². The number of carbonyl (C=O) groups excluding carboxylic acids is 1. The van der Waals surface area contributed by atoms with Gasteiger partial charge in [-0.3, -0.25) is 4.79 Å². The van der Waals surface area contributed by atoms with Gasteiger partial charge in [-0.1, -0.05) is 25.1 Å². The van der Waals surface area contributed by atoms with Crippen LogP contribution in [-0.4, -0.2) is 49.3 Å². The Balaban J connectivity index is 1.48. The van der Waals surface area contributed by atoms with Gasteiger partial charge in [0.1, 0.15) is 18.1 Å². The lowest BCUT2D eigenvalue weighted by atomic mass is 9.51. The first-order valence-corrected chi connectivity index (χ1v) is 13.1. The maximum Gasteiger partial charge on any atom is 0.308 e. The molecule has 3 aliphatic rings. The molecule has 0 aromatic heterocycles. The van der Waals surface area contributed by atoms with Crippen molar-refractivity contribution in [2.24, 2.45) is 17.3 Å². The van der Waals surface area contributed by atoms with Crippen LogP contribution in [-0.2, 0) is 11.2 Å². The number of esters is 1. The maximum atomic E-state index is 11.5. The molecule has 3 aliphatic carbocycles. The summed E-state index contributed by atoms with van der Waals surface area (Å²) in [7, 11) is 4.10. The molecule has 5 heteroatoms. The average molecular weight is 478 g/mol. The van der Waals surface area contributed by atoms with Crippen LogP contribution in [0.1, 0.15) is 68.1 Å². The molecule has 0 bridgehead atoms. The molecule has 0 saturated heterocycles. The Hall–Kier alpha value is -2.37. The summed E-state index contributed by atoms with van der Waals surface area (Å²) in [6, 6.07) is 14.9. The van der Waals surface area contributed by atoms with Crippen molar-refractivity contribution < 1.29 is 19.4 Å². The molecule has 2 aromatic carbocycles. The molecule has 5 rings (SSSR count). The molecule has 35 heavy (non-hydrogen) atoms. The number of aryl methyl sites for hydroxylation is 1. The SMILES string of the molecule is CC(=O)Oc1ccc2c(c1)CCC1C2[C@@H](c2ccc(OCCN(C)C)cc2)C[C@@]2(C)C1CC[C@@H]2O. The average Bonchev–Trinajstić information content (AvgIpc) is 3.12. The minimum Gasteiger partial charge on any atom is -0.492 e. The van der Waals surface area contributed by atoms with E-state index < -0.39 is 0 Å². The zero-order valence-electron chi connectivity index (χ0n) is 21.5. The molecular formula is C30H39NO4. The molecular weight excluding hydrogens is 438 g/mol.